The number of hydrogen-bond donors (Lipinski definition) is 1. The molecule has 0 aliphatic heterocycles. The quantitative estimate of drug-likeness (QED) is 0.858. The van der Waals surface area contributed by atoms with Crippen molar-refractivity contribution in [1.29, 1.82) is 0 Å². The van der Waals surface area contributed by atoms with Gasteiger partial charge in [-0.05, 0) is 50.5 Å². The maximum Gasteiger partial charge on any atom is 0.162 e. The van der Waals surface area contributed by atoms with Gasteiger partial charge >= 0.3 is 0 Å². The van der Waals surface area contributed by atoms with Crippen LogP contribution in [-0.2, 0) is 7.05 Å². The normalized spacial score (nSPS) is 18.4. The number of rotatable bonds is 5. The first kappa shape index (κ1) is 12.8. The van der Waals surface area contributed by atoms with Crippen LogP contribution >= 0.6 is 0 Å². The molecule has 0 amide bonds. The Bertz CT molecular complexity index is 701. The monoisotopic (exact) mass is 284 g/mol. The van der Waals surface area contributed by atoms with Gasteiger partial charge in [-0.15, -0.1) is 0 Å². The topological polar surface area (TPSA) is 59.8 Å². The van der Waals surface area contributed by atoms with Gasteiger partial charge in [-0.25, -0.2) is 9.97 Å². The lowest BCUT2D eigenvalue weighted by Crippen LogP contribution is -2.25. The van der Waals surface area contributed by atoms with E-state index < -0.39 is 0 Å². The van der Waals surface area contributed by atoms with E-state index in [2.05, 4.69) is 15.3 Å². The first-order chi connectivity index (χ1) is 10.2. The summed E-state index contributed by atoms with van der Waals surface area (Å²) in [6, 6.07) is 2.34. The molecule has 0 unspecified atom stereocenters. The maximum atomic E-state index is 11.4. The number of pyridine rings is 1. The largest absolute Gasteiger partial charge is 0.366 e. The Balaban J connectivity index is 1.74. The van der Waals surface area contributed by atoms with E-state index in [4.69, 9.17) is 0 Å². The van der Waals surface area contributed by atoms with Gasteiger partial charge in [-0.1, -0.05) is 0 Å². The highest BCUT2D eigenvalue weighted by Gasteiger charge is 2.41. The Morgan fingerprint density at radius 2 is 1.95 bits per heavy atom. The number of nitrogens with one attached hydrogen (secondary N) is 1. The molecule has 0 saturated heterocycles. The third kappa shape index (κ3) is 2.20. The van der Waals surface area contributed by atoms with Gasteiger partial charge in [-0.2, -0.15) is 0 Å². The predicted molar refractivity (Wildman–Crippen MR) is 81.5 cm³/mol. The van der Waals surface area contributed by atoms with Gasteiger partial charge in [0.2, 0.25) is 0 Å². The Hall–Kier alpha value is -1.91. The zero-order chi connectivity index (χ0) is 14.6. The minimum absolute atomic E-state index is 0.489. The first-order valence-electron chi connectivity index (χ1n) is 7.73. The Morgan fingerprint density at radius 3 is 2.52 bits per heavy atom. The standard InChI is InChI=1S/C16H20N4O/c1-9-17-13-7-12(8-21)15(19-16(13)20(9)2)18-14(10-3-4-10)11-5-6-11/h7-8,10-11,14H,3-6H2,1-2H3,(H,18,19). The molecule has 2 aromatic rings. The lowest BCUT2D eigenvalue weighted by Gasteiger charge is -2.19. The van der Waals surface area contributed by atoms with Crippen molar-refractivity contribution in [3.8, 4) is 0 Å². The molecule has 2 aliphatic rings. The number of nitrogens with zero attached hydrogens (tertiary/aromatic N) is 3. The Labute approximate surface area is 123 Å². The fraction of sp³-hybridized carbons (Fsp3) is 0.562. The van der Waals surface area contributed by atoms with Gasteiger partial charge in [0.05, 0.1) is 5.56 Å². The highest BCUT2D eigenvalue weighted by Crippen LogP contribution is 2.46. The van der Waals surface area contributed by atoms with Gasteiger partial charge in [0.15, 0.2) is 11.9 Å². The number of anilines is 1. The van der Waals surface area contributed by atoms with Crippen LogP contribution in [0.25, 0.3) is 11.2 Å². The molecule has 110 valence electrons. The lowest BCUT2D eigenvalue weighted by molar-refractivity contribution is 0.112. The van der Waals surface area contributed by atoms with Crippen molar-refractivity contribution in [2.75, 3.05) is 5.32 Å². The van der Waals surface area contributed by atoms with E-state index >= 15 is 0 Å². The minimum Gasteiger partial charge on any atom is -0.366 e. The van der Waals surface area contributed by atoms with Gasteiger partial charge in [0.1, 0.15) is 17.2 Å². The summed E-state index contributed by atoms with van der Waals surface area (Å²) < 4.78 is 1.97. The van der Waals surface area contributed by atoms with Gasteiger partial charge in [0.25, 0.3) is 0 Å². The van der Waals surface area contributed by atoms with Gasteiger partial charge < -0.3 is 9.88 Å². The predicted octanol–water partition coefficient (Wildman–Crippen LogP) is 2.69. The van der Waals surface area contributed by atoms with Crippen molar-refractivity contribution in [3.63, 3.8) is 0 Å². The molecule has 5 heteroatoms. The molecule has 4 rings (SSSR count). The third-order valence-corrected chi connectivity index (χ3v) is 4.79. The van der Waals surface area contributed by atoms with Crippen LogP contribution in [-0.4, -0.2) is 26.9 Å². The van der Waals surface area contributed by atoms with Crippen molar-refractivity contribution in [1.82, 2.24) is 14.5 Å². The van der Waals surface area contributed by atoms with Crippen LogP contribution in [0, 0.1) is 18.8 Å². The summed E-state index contributed by atoms with van der Waals surface area (Å²) in [7, 11) is 1.96. The van der Waals surface area contributed by atoms with Crippen molar-refractivity contribution in [3.05, 3.63) is 17.5 Å². The number of aromatic nitrogens is 3. The average Bonchev–Trinajstić information content (AvgIpc) is 3.37. The highest BCUT2D eigenvalue weighted by atomic mass is 16.1. The molecule has 2 heterocycles. The molecule has 1 N–H and O–H groups in total. The van der Waals surface area contributed by atoms with Crippen LogP contribution in [0.3, 0.4) is 0 Å². The molecule has 0 radical (unpaired) electrons. The molecular weight excluding hydrogens is 264 g/mol. The Morgan fingerprint density at radius 1 is 1.29 bits per heavy atom. The van der Waals surface area contributed by atoms with Gasteiger partial charge in [0, 0.05) is 13.1 Å². The summed E-state index contributed by atoms with van der Waals surface area (Å²) in [6.45, 7) is 1.95. The lowest BCUT2D eigenvalue weighted by atomic mass is 10.1. The third-order valence-electron chi connectivity index (χ3n) is 4.79. The van der Waals surface area contributed by atoms with E-state index in [1.807, 2.05) is 24.6 Å². The molecule has 0 bridgehead atoms. The van der Waals surface area contributed by atoms with E-state index in [-0.39, 0.29) is 0 Å². The smallest absolute Gasteiger partial charge is 0.162 e. The van der Waals surface area contributed by atoms with E-state index in [1.165, 1.54) is 25.7 Å². The second-order valence-electron chi connectivity index (χ2n) is 6.45. The maximum absolute atomic E-state index is 11.4. The number of aldehydes is 1. The zero-order valence-electron chi connectivity index (χ0n) is 12.5. The van der Waals surface area contributed by atoms with E-state index in [0.29, 0.717) is 11.6 Å². The molecule has 0 aromatic carbocycles. The van der Waals surface area contributed by atoms with E-state index in [1.54, 1.807) is 0 Å². The summed E-state index contributed by atoms with van der Waals surface area (Å²) in [5.74, 6) is 3.17. The molecule has 2 aliphatic carbocycles. The number of imidazole rings is 1. The summed E-state index contributed by atoms with van der Waals surface area (Å²) in [4.78, 5) is 20.5. The van der Waals surface area contributed by atoms with Gasteiger partial charge in [-0.3, -0.25) is 4.79 Å². The number of fused-ring (bicyclic) bond motifs is 1. The van der Waals surface area contributed by atoms with Crippen LogP contribution in [0.15, 0.2) is 6.07 Å². The van der Waals surface area contributed by atoms with Crippen LogP contribution in [0.2, 0.25) is 0 Å². The molecule has 2 aromatic heterocycles. The van der Waals surface area contributed by atoms with Crippen LogP contribution in [0.4, 0.5) is 5.82 Å². The molecule has 21 heavy (non-hydrogen) atoms. The molecule has 0 atom stereocenters. The van der Waals surface area contributed by atoms with Crippen molar-refractivity contribution >= 4 is 23.3 Å². The summed E-state index contributed by atoms with van der Waals surface area (Å²) >= 11 is 0. The van der Waals surface area contributed by atoms with E-state index in [0.717, 1.165) is 40.9 Å². The zero-order valence-corrected chi connectivity index (χ0v) is 12.5. The molecule has 0 spiro atoms. The molecule has 2 saturated carbocycles. The second-order valence-corrected chi connectivity index (χ2v) is 6.45. The first-order valence-corrected chi connectivity index (χ1v) is 7.73. The summed E-state index contributed by atoms with van der Waals surface area (Å²) in [5, 5.41) is 3.57. The highest BCUT2D eigenvalue weighted by molar-refractivity contribution is 5.89. The fourth-order valence-corrected chi connectivity index (χ4v) is 3.13. The summed E-state index contributed by atoms with van der Waals surface area (Å²) in [5.41, 5.74) is 2.25. The second kappa shape index (κ2) is 4.55. The van der Waals surface area contributed by atoms with E-state index in [9.17, 15) is 4.79 Å². The Kier molecular flexibility index (Phi) is 2.77. The number of carbonyl (C=O) groups is 1. The minimum atomic E-state index is 0.489. The van der Waals surface area contributed by atoms with Crippen LogP contribution in [0.5, 0.6) is 0 Å². The molecule has 2 fully saturated rings. The van der Waals surface area contributed by atoms with Crippen molar-refractivity contribution < 1.29 is 4.79 Å². The molecular formula is C16H20N4O. The molecule has 5 nitrogen and oxygen atoms in total. The van der Waals surface area contributed by atoms with Crippen molar-refractivity contribution in [2.24, 2.45) is 18.9 Å². The number of carbonyl (C=O) groups excluding carboxylic acids is 1. The fourth-order valence-electron chi connectivity index (χ4n) is 3.13. The average molecular weight is 284 g/mol. The van der Waals surface area contributed by atoms with Crippen molar-refractivity contribution in [2.45, 2.75) is 38.6 Å². The number of aryl methyl sites for hydroxylation is 2. The van der Waals surface area contributed by atoms with Crippen LogP contribution in [0.1, 0.15) is 41.9 Å². The number of hydrogen-bond acceptors (Lipinski definition) is 4. The SMILES string of the molecule is Cc1nc2cc(C=O)c(NC(C3CC3)C3CC3)nc2n1C. The van der Waals surface area contributed by atoms with Crippen LogP contribution < -0.4 is 5.32 Å². The summed E-state index contributed by atoms with van der Waals surface area (Å²) in [6.07, 6.45) is 6.10.